The third-order valence-electron chi connectivity index (χ3n) is 3.87. The van der Waals surface area contributed by atoms with Crippen LogP contribution in [0.15, 0.2) is 42.5 Å². The first-order valence-electron chi connectivity index (χ1n) is 8.24. The van der Waals surface area contributed by atoms with Crippen molar-refractivity contribution in [3.05, 3.63) is 48.0 Å². The van der Waals surface area contributed by atoms with E-state index in [0.717, 1.165) is 0 Å². The molecule has 1 unspecified atom stereocenters. The van der Waals surface area contributed by atoms with Crippen LogP contribution >= 0.6 is 0 Å². The first-order chi connectivity index (χ1) is 11.9. The smallest absolute Gasteiger partial charge is 0.265 e. The Morgan fingerprint density at radius 1 is 0.960 bits per heavy atom. The first kappa shape index (κ1) is 18.6. The Labute approximate surface area is 148 Å². The van der Waals surface area contributed by atoms with E-state index in [1.54, 1.807) is 39.3 Å². The Bertz CT molecular complexity index is 727. The highest BCUT2D eigenvalue weighted by molar-refractivity contribution is 5.95. The van der Waals surface area contributed by atoms with Crippen molar-refractivity contribution in [1.82, 2.24) is 0 Å². The Kier molecular flexibility index (Phi) is 6.28. The Balaban J connectivity index is 2.07. The maximum Gasteiger partial charge on any atom is 0.265 e. The molecule has 1 amide bonds. The van der Waals surface area contributed by atoms with E-state index in [1.165, 1.54) is 5.56 Å². The lowest BCUT2D eigenvalue weighted by atomic mass is 10.0. The minimum atomic E-state index is -0.644. The molecule has 25 heavy (non-hydrogen) atoms. The van der Waals surface area contributed by atoms with Crippen LogP contribution in [0.2, 0.25) is 0 Å². The Hall–Kier alpha value is -2.69. The van der Waals surface area contributed by atoms with Crippen LogP contribution in [0, 0.1) is 0 Å². The Morgan fingerprint density at radius 3 is 2.36 bits per heavy atom. The van der Waals surface area contributed by atoms with E-state index in [0.29, 0.717) is 28.9 Å². The van der Waals surface area contributed by atoms with Gasteiger partial charge in [-0.3, -0.25) is 4.79 Å². The molecule has 1 N–H and O–H groups in total. The third kappa shape index (κ3) is 4.89. The molecule has 0 bridgehead atoms. The molecule has 0 saturated heterocycles. The van der Waals surface area contributed by atoms with Gasteiger partial charge in [0, 0.05) is 6.07 Å². The fourth-order valence-electron chi connectivity index (χ4n) is 2.34. The van der Waals surface area contributed by atoms with Crippen molar-refractivity contribution in [1.29, 1.82) is 0 Å². The van der Waals surface area contributed by atoms with Gasteiger partial charge in [0.2, 0.25) is 0 Å². The van der Waals surface area contributed by atoms with Gasteiger partial charge < -0.3 is 19.5 Å². The molecule has 0 aliphatic carbocycles. The maximum atomic E-state index is 12.4. The number of amides is 1. The highest BCUT2D eigenvalue weighted by Crippen LogP contribution is 2.29. The number of hydrogen-bond acceptors (Lipinski definition) is 4. The molecule has 1 atom stereocenters. The zero-order valence-electron chi connectivity index (χ0n) is 15.3. The molecule has 0 fully saturated rings. The van der Waals surface area contributed by atoms with Crippen LogP contribution in [-0.2, 0) is 4.79 Å². The van der Waals surface area contributed by atoms with Crippen LogP contribution in [-0.4, -0.2) is 26.2 Å². The van der Waals surface area contributed by atoms with E-state index >= 15 is 0 Å². The van der Waals surface area contributed by atoms with Gasteiger partial charge in [0.05, 0.1) is 19.9 Å². The molecule has 0 heterocycles. The van der Waals surface area contributed by atoms with Gasteiger partial charge in [-0.25, -0.2) is 0 Å². The molecule has 0 saturated carbocycles. The van der Waals surface area contributed by atoms with Crippen molar-refractivity contribution in [2.24, 2.45) is 0 Å². The lowest BCUT2D eigenvalue weighted by Gasteiger charge is -2.17. The molecular weight excluding hydrogens is 318 g/mol. The van der Waals surface area contributed by atoms with Crippen LogP contribution in [0.1, 0.15) is 32.3 Å². The van der Waals surface area contributed by atoms with E-state index in [4.69, 9.17) is 14.2 Å². The minimum absolute atomic E-state index is 0.251. The van der Waals surface area contributed by atoms with Gasteiger partial charge in [-0.15, -0.1) is 0 Å². The summed E-state index contributed by atoms with van der Waals surface area (Å²) in [5, 5.41) is 2.83. The molecule has 0 aliphatic rings. The molecule has 2 aromatic rings. The van der Waals surface area contributed by atoms with Crippen molar-refractivity contribution in [3.8, 4) is 17.2 Å². The molecular formula is C20H25NO4. The van der Waals surface area contributed by atoms with Crippen LogP contribution < -0.4 is 19.5 Å². The standard InChI is InChI=1S/C20H25NO4/c1-13(2)15-7-6-8-17(11-15)25-14(3)20(22)21-18-10-9-16(23-4)12-19(18)24-5/h6-14H,1-5H3,(H,21,22). The van der Waals surface area contributed by atoms with E-state index in [1.807, 2.05) is 24.3 Å². The van der Waals surface area contributed by atoms with Crippen LogP contribution in [0.25, 0.3) is 0 Å². The van der Waals surface area contributed by atoms with Gasteiger partial charge in [0.1, 0.15) is 17.2 Å². The number of methoxy groups -OCH3 is 2. The molecule has 134 valence electrons. The summed E-state index contributed by atoms with van der Waals surface area (Å²) in [7, 11) is 3.12. The molecule has 5 heteroatoms. The molecule has 5 nitrogen and oxygen atoms in total. The van der Waals surface area contributed by atoms with Gasteiger partial charge in [-0.05, 0) is 42.7 Å². The van der Waals surface area contributed by atoms with Crippen molar-refractivity contribution >= 4 is 11.6 Å². The number of rotatable bonds is 7. The normalized spacial score (nSPS) is 11.8. The van der Waals surface area contributed by atoms with E-state index in [2.05, 4.69) is 19.2 Å². The summed E-state index contributed by atoms with van der Waals surface area (Å²) < 4.78 is 16.2. The highest BCUT2D eigenvalue weighted by atomic mass is 16.5. The highest BCUT2D eigenvalue weighted by Gasteiger charge is 2.17. The quantitative estimate of drug-likeness (QED) is 0.817. The van der Waals surface area contributed by atoms with Gasteiger partial charge in [-0.1, -0.05) is 26.0 Å². The van der Waals surface area contributed by atoms with Crippen LogP contribution in [0.3, 0.4) is 0 Å². The summed E-state index contributed by atoms with van der Waals surface area (Å²) in [6.45, 7) is 5.95. The number of carbonyl (C=O) groups is 1. The lowest BCUT2D eigenvalue weighted by molar-refractivity contribution is -0.122. The van der Waals surface area contributed by atoms with Gasteiger partial charge in [0.15, 0.2) is 6.10 Å². The maximum absolute atomic E-state index is 12.4. The van der Waals surface area contributed by atoms with Gasteiger partial charge in [0.25, 0.3) is 5.91 Å². The summed E-state index contributed by atoms with van der Waals surface area (Å²) in [5.41, 5.74) is 1.74. The molecule has 2 rings (SSSR count). The van der Waals surface area contributed by atoms with Crippen LogP contribution in [0.5, 0.6) is 17.2 Å². The second-order valence-electron chi connectivity index (χ2n) is 6.04. The number of hydrogen-bond donors (Lipinski definition) is 1. The predicted octanol–water partition coefficient (Wildman–Crippen LogP) is 4.23. The number of carbonyl (C=O) groups excluding carboxylic acids is 1. The third-order valence-corrected chi connectivity index (χ3v) is 3.87. The van der Waals surface area contributed by atoms with Crippen molar-refractivity contribution in [2.75, 3.05) is 19.5 Å². The fourth-order valence-corrected chi connectivity index (χ4v) is 2.34. The second kappa shape index (κ2) is 8.42. The molecule has 0 radical (unpaired) electrons. The molecule has 0 aliphatic heterocycles. The summed E-state index contributed by atoms with van der Waals surface area (Å²) in [5.74, 6) is 2.01. The SMILES string of the molecule is COc1ccc(NC(=O)C(C)Oc2cccc(C(C)C)c2)c(OC)c1. The minimum Gasteiger partial charge on any atom is -0.497 e. The van der Waals surface area contributed by atoms with Crippen LogP contribution in [0.4, 0.5) is 5.69 Å². The number of nitrogens with one attached hydrogen (secondary N) is 1. The average Bonchev–Trinajstić information content (AvgIpc) is 2.62. The monoisotopic (exact) mass is 343 g/mol. The summed E-state index contributed by atoms with van der Waals surface area (Å²) in [4.78, 5) is 12.4. The van der Waals surface area contributed by atoms with Crippen molar-refractivity contribution < 1.29 is 19.0 Å². The molecule has 0 aromatic heterocycles. The summed E-state index contributed by atoms with van der Waals surface area (Å²) in [6, 6.07) is 13.0. The van der Waals surface area contributed by atoms with E-state index in [-0.39, 0.29) is 5.91 Å². The summed E-state index contributed by atoms with van der Waals surface area (Å²) in [6.07, 6.45) is -0.644. The fraction of sp³-hybridized carbons (Fsp3) is 0.350. The molecule has 0 spiro atoms. The number of benzene rings is 2. The summed E-state index contributed by atoms with van der Waals surface area (Å²) >= 11 is 0. The zero-order valence-corrected chi connectivity index (χ0v) is 15.3. The lowest BCUT2D eigenvalue weighted by Crippen LogP contribution is -2.30. The number of anilines is 1. The topological polar surface area (TPSA) is 56.8 Å². The van der Waals surface area contributed by atoms with Gasteiger partial charge in [-0.2, -0.15) is 0 Å². The largest absolute Gasteiger partial charge is 0.497 e. The van der Waals surface area contributed by atoms with E-state index in [9.17, 15) is 4.79 Å². The second-order valence-corrected chi connectivity index (χ2v) is 6.04. The molecule has 2 aromatic carbocycles. The van der Waals surface area contributed by atoms with E-state index < -0.39 is 6.10 Å². The first-order valence-corrected chi connectivity index (χ1v) is 8.24. The van der Waals surface area contributed by atoms with Crippen molar-refractivity contribution in [3.63, 3.8) is 0 Å². The predicted molar refractivity (Wildman–Crippen MR) is 98.8 cm³/mol. The van der Waals surface area contributed by atoms with Crippen molar-refractivity contribution in [2.45, 2.75) is 32.8 Å². The Morgan fingerprint density at radius 2 is 1.72 bits per heavy atom. The zero-order chi connectivity index (χ0) is 18.4. The van der Waals surface area contributed by atoms with Gasteiger partial charge >= 0.3 is 0 Å². The number of ether oxygens (including phenoxy) is 3. The average molecular weight is 343 g/mol.